The van der Waals surface area contributed by atoms with Crippen LogP contribution >= 0.6 is 0 Å². The molecule has 0 saturated carbocycles. The first-order chi connectivity index (χ1) is 6.85. The summed E-state index contributed by atoms with van der Waals surface area (Å²) in [5.41, 5.74) is 0.0863. The molecule has 86 valence electrons. The molecule has 0 aliphatic rings. The summed E-state index contributed by atoms with van der Waals surface area (Å²) in [7, 11) is 0. The number of amides is 1. The molecule has 0 aromatic carbocycles. The lowest BCUT2D eigenvalue weighted by Gasteiger charge is -2.18. The van der Waals surface area contributed by atoms with Crippen molar-refractivity contribution in [2.45, 2.75) is 40.5 Å². The van der Waals surface area contributed by atoms with Gasteiger partial charge in [0, 0.05) is 19.4 Å². The van der Waals surface area contributed by atoms with E-state index in [-0.39, 0.29) is 23.5 Å². The Morgan fingerprint density at radius 2 is 1.80 bits per heavy atom. The van der Waals surface area contributed by atoms with Gasteiger partial charge in [-0.05, 0) is 18.4 Å². The second-order valence-corrected chi connectivity index (χ2v) is 4.80. The number of nitrogens with one attached hydrogen (secondary N) is 1. The number of allylic oxidation sites excluding steroid dienone is 2. The molecule has 0 aromatic rings. The topological polar surface area (TPSA) is 46.2 Å². The molecule has 1 N–H and O–H groups in total. The highest BCUT2D eigenvalue weighted by atomic mass is 16.2. The summed E-state index contributed by atoms with van der Waals surface area (Å²) in [4.78, 5) is 22.4. The van der Waals surface area contributed by atoms with Gasteiger partial charge in [-0.25, -0.2) is 0 Å². The van der Waals surface area contributed by atoms with Crippen molar-refractivity contribution in [3.63, 3.8) is 0 Å². The molecule has 0 radical (unpaired) electrons. The standard InChI is InChI=1S/C12H21NO2/c1-5-6-10(14)7-8-11(15)13-9-12(2,3)4/h5-6H,7-9H2,1-4H3,(H,13,15)/b6-5+. The number of hydrogen-bond acceptors (Lipinski definition) is 2. The first-order valence-electron chi connectivity index (χ1n) is 5.27. The van der Waals surface area contributed by atoms with Crippen molar-refractivity contribution in [1.82, 2.24) is 5.32 Å². The molecule has 0 aromatic heterocycles. The van der Waals surface area contributed by atoms with Crippen molar-refractivity contribution in [3.8, 4) is 0 Å². The SMILES string of the molecule is C/C=C/C(=O)CCC(=O)NCC(C)(C)C. The fraction of sp³-hybridized carbons (Fsp3) is 0.667. The first-order valence-corrected chi connectivity index (χ1v) is 5.27. The van der Waals surface area contributed by atoms with E-state index in [2.05, 4.69) is 26.1 Å². The quantitative estimate of drug-likeness (QED) is 0.708. The van der Waals surface area contributed by atoms with Crippen LogP contribution in [0.15, 0.2) is 12.2 Å². The zero-order valence-electron chi connectivity index (χ0n) is 10.1. The van der Waals surface area contributed by atoms with Crippen LogP contribution < -0.4 is 5.32 Å². The van der Waals surface area contributed by atoms with Crippen LogP contribution in [0.1, 0.15) is 40.5 Å². The van der Waals surface area contributed by atoms with Crippen LogP contribution in [0.3, 0.4) is 0 Å². The Hall–Kier alpha value is -1.12. The Morgan fingerprint density at radius 1 is 1.20 bits per heavy atom. The van der Waals surface area contributed by atoms with Crippen molar-refractivity contribution in [2.75, 3.05) is 6.54 Å². The van der Waals surface area contributed by atoms with E-state index in [4.69, 9.17) is 0 Å². The third kappa shape index (κ3) is 9.19. The number of carbonyl (C=O) groups excluding carboxylic acids is 2. The van der Waals surface area contributed by atoms with E-state index in [1.807, 2.05) is 0 Å². The maximum Gasteiger partial charge on any atom is 0.220 e. The summed E-state index contributed by atoms with van der Waals surface area (Å²) >= 11 is 0. The van der Waals surface area contributed by atoms with Crippen LogP contribution in [-0.2, 0) is 9.59 Å². The highest BCUT2D eigenvalue weighted by Crippen LogP contribution is 2.10. The molecule has 0 saturated heterocycles. The fourth-order valence-corrected chi connectivity index (χ4v) is 0.958. The molecular formula is C12H21NO2. The van der Waals surface area contributed by atoms with E-state index in [0.29, 0.717) is 13.0 Å². The molecule has 0 bridgehead atoms. The Bertz CT molecular complexity index is 249. The van der Waals surface area contributed by atoms with Gasteiger partial charge in [0.1, 0.15) is 0 Å². The molecule has 0 rings (SSSR count). The maximum absolute atomic E-state index is 11.3. The second-order valence-electron chi connectivity index (χ2n) is 4.80. The summed E-state index contributed by atoms with van der Waals surface area (Å²) in [5, 5.41) is 2.80. The van der Waals surface area contributed by atoms with Crippen LogP contribution in [-0.4, -0.2) is 18.2 Å². The second kappa shape index (κ2) is 6.38. The lowest BCUT2D eigenvalue weighted by atomic mass is 9.97. The maximum atomic E-state index is 11.3. The van der Waals surface area contributed by atoms with Gasteiger partial charge in [0.15, 0.2) is 5.78 Å². The summed E-state index contributed by atoms with van der Waals surface area (Å²) < 4.78 is 0. The predicted molar refractivity (Wildman–Crippen MR) is 61.5 cm³/mol. The van der Waals surface area contributed by atoms with Crippen LogP contribution in [0.4, 0.5) is 0 Å². The van der Waals surface area contributed by atoms with Gasteiger partial charge in [0.05, 0.1) is 0 Å². The average Bonchev–Trinajstić information content (AvgIpc) is 2.11. The molecular weight excluding hydrogens is 190 g/mol. The molecule has 0 aliphatic carbocycles. The molecule has 0 aliphatic heterocycles. The first kappa shape index (κ1) is 13.9. The molecule has 0 unspecified atom stereocenters. The van der Waals surface area contributed by atoms with Gasteiger partial charge < -0.3 is 5.32 Å². The minimum absolute atomic E-state index is 0.00316. The van der Waals surface area contributed by atoms with Crippen LogP contribution in [0.2, 0.25) is 0 Å². The molecule has 15 heavy (non-hydrogen) atoms. The van der Waals surface area contributed by atoms with Gasteiger partial charge in [-0.15, -0.1) is 0 Å². The van der Waals surface area contributed by atoms with Crippen LogP contribution in [0, 0.1) is 5.41 Å². The Balaban J connectivity index is 3.72. The molecule has 0 heterocycles. The zero-order chi connectivity index (χ0) is 11.9. The third-order valence-corrected chi connectivity index (χ3v) is 1.77. The van der Waals surface area contributed by atoms with Gasteiger partial charge >= 0.3 is 0 Å². The van der Waals surface area contributed by atoms with E-state index in [9.17, 15) is 9.59 Å². The molecule has 0 atom stereocenters. The summed E-state index contributed by atoms with van der Waals surface area (Å²) in [5.74, 6) is -0.0498. The number of rotatable bonds is 5. The van der Waals surface area contributed by atoms with Gasteiger partial charge in [0.2, 0.25) is 5.91 Å². The van der Waals surface area contributed by atoms with E-state index in [1.165, 1.54) is 6.08 Å². The molecule has 3 heteroatoms. The molecule has 3 nitrogen and oxygen atoms in total. The summed E-state index contributed by atoms with van der Waals surface area (Å²) in [6.07, 6.45) is 3.76. The van der Waals surface area contributed by atoms with E-state index in [1.54, 1.807) is 13.0 Å². The number of ketones is 1. The summed E-state index contributed by atoms with van der Waals surface area (Å²) in [6, 6.07) is 0. The van der Waals surface area contributed by atoms with Gasteiger partial charge in [-0.2, -0.15) is 0 Å². The molecule has 1 amide bonds. The lowest BCUT2D eigenvalue weighted by Crippen LogP contribution is -2.32. The smallest absolute Gasteiger partial charge is 0.220 e. The van der Waals surface area contributed by atoms with Gasteiger partial charge in [-0.1, -0.05) is 26.8 Å². The van der Waals surface area contributed by atoms with E-state index >= 15 is 0 Å². The molecule has 0 spiro atoms. The van der Waals surface area contributed by atoms with Crippen LogP contribution in [0.5, 0.6) is 0 Å². The largest absolute Gasteiger partial charge is 0.356 e. The average molecular weight is 211 g/mol. The molecule has 0 fully saturated rings. The van der Waals surface area contributed by atoms with Gasteiger partial charge in [0.25, 0.3) is 0 Å². The number of carbonyl (C=O) groups is 2. The summed E-state index contributed by atoms with van der Waals surface area (Å²) in [6.45, 7) is 8.59. The number of hydrogen-bond donors (Lipinski definition) is 1. The van der Waals surface area contributed by atoms with Crippen molar-refractivity contribution in [1.29, 1.82) is 0 Å². The Labute approximate surface area is 91.9 Å². The fourth-order valence-electron chi connectivity index (χ4n) is 0.958. The minimum Gasteiger partial charge on any atom is -0.356 e. The predicted octanol–water partition coefficient (Wildman–Crippen LogP) is 2.07. The monoisotopic (exact) mass is 211 g/mol. The Morgan fingerprint density at radius 3 is 2.27 bits per heavy atom. The Kier molecular flexibility index (Phi) is 5.90. The third-order valence-electron chi connectivity index (χ3n) is 1.77. The van der Waals surface area contributed by atoms with Crippen molar-refractivity contribution >= 4 is 11.7 Å². The van der Waals surface area contributed by atoms with E-state index in [0.717, 1.165) is 0 Å². The van der Waals surface area contributed by atoms with E-state index < -0.39 is 0 Å². The van der Waals surface area contributed by atoms with Gasteiger partial charge in [-0.3, -0.25) is 9.59 Å². The highest BCUT2D eigenvalue weighted by Gasteiger charge is 2.12. The van der Waals surface area contributed by atoms with Crippen molar-refractivity contribution in [2.24, 2.45) is 5.41 Å². The van der Waals surface area contributed by atoms with Crippen LogP contribution in [0.25, 0.3) is 0 Å². The van der Waals surface area contributed by atoms with Crippen molar-refractivity contribution in [3.05, 3.63) is 12.2 Å². The zero-order valence-corrected chi connectivity index (χ0v) is 10.1. The lowest BCUT2D eigenvalue weighted by molar-refractivity contribution is -0.124. The normalized spacial score (nSPS) is 11.7. The highest BCUT2D eigenvalue weighted by molar-refractivity contribution is 5.92. The minimum atomic E-state index is -0.0530. The van der Waals surface area contributed by atoms with Crippen molar-refractivity contribution < 1.29 is 9.59 Å².